The second-order valence-electron chi connectivity index (χ2n) is 4.06. The number of halogens is 1. The van der Waals surface area contributed by atoms with Crippen molar-refractivity contribution in [1.29, 1.82) is 0 Å². The van der Waals surface area contributed by atoms with Gasteiger partial charge in [0.05, 0.1) is 5.69 Å². The van der Waals surface area contributed by atoms with Crippen molar-refractivity contribution in [2.45, 2.75) is 0 Å². The number of H-pyrrole nitrogens is 1. The highest BCUT2D eigenvalue weighted by Gasteiger charge is 1.95. The van der Waals surface area contributed by atoms with Gasteiger partial charge in [0.15, 0.2) is 0 Å². The van der Waals surface area contributed by atoms with Crippen molar-refractivity contribution >= 4 is 34.4 Å². The van der Waals surface area contributed by atoms with Gasteiger partial charge in [0.2, 0.25) is 0 Å². The molecule has 1 heterocycles. The highest BCUT2D eigenvalue weighted by molar-refractivity contribution is 6.30. The Labute approximate surface area is 110 Å². The molecule has 0 amide bonds. The summed E-state index contributed by atoms with van der Waals surface area (Å²) in [6.45, 7) is 0. The van der Waals surface area contributed by atoms with Crippen LogP contribution in [0.15, 0.2) is 59.7 Å². The number of nitrogens with one attached hydrogen (secondary N) is 1. The molecule has 88 valence electrons. The molecule has 0 aliphatic carbocycles. The standard InChI is InChI=1S/C15H11ClN2/c16-13-3-1-2-11(8-13)10-18-14-5-4-12-6-7-17-15(12)9-14/h1-10,17H. The number of aliphatic imine (C=N–C) groups is 1. The lowest BCUT2D eigenvalue weighted by Gasteiger charge is -1.96. The van der Waals surface area contributed by atoms with Gasteiger partial charge in [-0.1, -0.05) is 29.8 Å². The van der Waals surface area contributed by atoms with E-state index in [1.807, 2.05) is 54.9 Å². The van der Waals surface area contributed by atoms with Crippen LogP contribution in [0.25, 0.3) is 10.9 Å². The third kappa shape index (κ3) is 2.29. The van der Waals surface area contributed by atoms with Gasteiger partial charge >= 0.3 is 0 Å². The summed E-state index contributed by atoms with van der Waals surface area (Å²) in [5, 5.41) is 1.91. The normalized spacial score (nSPS) is 11.4. The topological polar surface area (TPSA) is 28.1 Å². The van der Waals surface area contributed by atoms with Crippen molar-refractivity contribution in [3.05, 3.63) is 65.3 Å². The van der Waals surface area contributed by atoms with Crippen LogP contribution < -0.4 is 0 Å². The molecule has 0 fully saturated rings. The second kappa shape index (κ2) is 4.67. The molecule has 3 aromatic rings. The molecule has 3 rings (SSSR count). The highest BCUT2D eigenvalue weighted by atomic mass is 35.5. The first-order valence-electron chi connectivity index (χ1n) is 5.68. The minimum Gasteiger partial charge on any atom is -0.361 e. The molecule has 0 aliphatic rings. The van der Waals surface area contributed by atoms with Gasteiger partial charge in [-0.2, -0.15) is 0 Å². The molecule has 18 heavy (non-hydrogen) atoms. The lowest BCUT2D eigenvalue weighted by molar-refractivity contribution is 1.46. The van der Waals surface area contributed by atoms with Crippen molar-refractivity contribution in [1.82, 2.24) is 4.98 Å². The largest absolute Gasteiger partial charge is 0.361 e. The number of aromatic nitrogens is 1. The second-order valence-corrected chi connectivity index (χ2v) is 4.50. The SMILES string of the molecule is Clc1cccc(C=Nc2ccc3cc[nH]c3c2)c1. The van der Waals surface area contributed by atoms with Crippen LogP contribution in [0.4, 0.5) is 5.69 Å². The maximum Gasteiger partial charge on any atom is 0.0650 e. The minimum absolute atomic E-state index is 0.721. The van der Waals surface area contributed by atoms with Gasteiger partial charge in [0, 0.05) is 23.0 Å². The number of hydrogen-bond donors (Lipinski definition) is 1. The van der Waals surface area contributed by atoms with E-state index >= 15 is 0 Å². The predicted molar refractivity (Wildman–Crippen MR) is 77.0 cm³/mol. The number of aromatic amines is 1. The Balaban J connectivity index is 1.91. The van der Waals surface area contributed by atoms with Crippen molar-refractivity contribution < 1.29 is 0 Å². The molecule has 2 nitrogen and oxygen atoms in total. The molecule has 1 N–H and O–H groups in total. The minimum atomic E-state index is 0.721. The molecule has 2 aromatic carbocycles. The highest BCUT2D eigenvalue weighted by Crippen LogP contribution is 2.20. The zero-order valence-corrected chi connectivity index (χ0v) is 10.4. The first-order chi connectivity index (χ1) is 8.81. The van der Waals surface area contributed by atoms with Gasteiger partial charge in [-0.15, -0.1) is 0 Å². The third-order valence-corrected chi connectivity index (χ3v) is 2.99. The summed E-state index contributed by atoms with van der Waals surface area (Å²) in [5.74, 6) is 0. The average molecular weight is 255 g/mol. The van der Waals surface area contributed by atoms with Crippen LogP contribution in [0.3, 0.4) is 0 Å². The van der Waals surface area contributed by atoms with Crippen LogP contribution in [0.2, 0.25) is 5.02 Å². The van der Waals surface area contributed by atoms with Crippen LogP contribution in [0.1, 0.15) is 5.56 Å². The molecule has 1 aromatic heterocycles. The number of rotatable bonds is 2. The summed E-state index contributed by atoms with van der Waals surface area (Å²) in [6.07, 6.45) is 3.74. The van der Waals surface area contributed by atoms with Crippen LogP contribution in [0, 0.1) is 0 Å². The number of nitrogens with zero attached hydrogens (tertiary/aromatic N) is 1. The molecule has 0 saturated carbocycles. The first-order valence-corrected chi connectivity index (χ1v) is 6.06. The Morgan fingerprint density at radius 1 is 1.06 bits per heavy atom. The fraction of sp³-hybridized carbons (Fsp3) is 0. The summed E-state index contributed by atoms with van der Waals surface area (Å²) < 4.78 is 0. The Morgan fingerprint density at radius 2 is 2.00 bits per heavy atom. The fourth-order valence-corrected chi connectivity index (χ4v) is 2.05. The van der Waals surface area contributed by atoms with E-state index in [0.717, 1.165) is 21.8 Å². The molecular weight excluding hydrogens is 244 g/mol. The Hall–Kier alpha value is -2.06. The summed E-state index contributed by atoms with van der Waals surface area (Å²) in [5.41, 5.74) is 3.01. The predicted octanol–water partition coefficient (Wildman–Crippen LogP) is 4.57. The smallest absolute Gasteiger partial charge is 0.0650 e. The zero-order chi connectivity index (χ0) is 12.4. The quantitative estimate of drug-likeness (QED) is 0.649. The van der Waals surface area contributed by atoms with Gasteiger partial charge in [-0.25, -0.2) is 0 Å². The number of hydrogen-bond acceptors (Lipinski definition) is 1. The van der Waals surface area contributed by atoms with Crippen molar-refractivity contribution in [3.63, 3.8) is 0 Å². The van der Waals surface area contributed by atoms with E-state index < -0.39 is 0 Å². The van der Waals surface area contributed by atoms with Crippen molar-refractivity contribution in [2.24, 2.45) is 4.99 Å². The average Bonchev–Trinajstić information content (AvgIpc) is 2.84. The lowest BCUT2D eigenvalue weighted by Crippen LogP contribution is -1.79. The third-order valence-electron chi connectivity index (χ3n) is 2.75. The molecule has 0 saturated heterocycles. The van der Waals surface area contributed by atoms with E-state index in [1.54, 1.807) is 0 Å². The zero-order valence-electron chi connectivity index (χ0n) is 9.60. The van der Waals surface area contributed by atoms with Gasteiger partial charge in [0.1, 0.15) is 0 Å². The maximum atomic E-state index is 5.92. The van der Waals surface area contributed by atoms with Crippen LogP contribution in [-0.4, -0.2) is 11.2 Å². The maximum absolute atomic E-state index is 5.92. The summed E-state index contributed by atoms with van der Waals surface area (Å²) in [7, 11) is 0. The van der Waals surface area contributed by atoms with Gasteiger partial charge in [-0.05, 0) is 41.3 Å². The summed E-state index contributed by atoms with van der Waals surface area (Å²) in [6, 6.07) is 15.7. The number of fused-ring (bicyclic) bond motifs is 1. The Morgan fingerprint density at radius 3 is 2.89 bits per heavy atom. The van der Waals surface area contributed by atoms with E-state index in [2.05, 4.69) is 16.0 Å². The van der Waals surface area contributed by atoms with E-state index in [-0.39, 0.29) is 0 Å². The van der Waals surface area contributed by atoms with E-state index in [9.17, 15) is 0 Å². The van der Waals surface area contributed by atoms with Crippen LogP contribution in [-0.2, 0) is 0 Å². The molecular formula is C15H11ClN2. The Bertz CT molecular complexity index is 713. The van der Waals surface area contributed by atoms with E-state index in [0.29, 0.717) is 0 Å². The molecule has 0 aliphatic heterocycles. The number of benzene rings is 2. The summed E-state index contributed by atoms with van der Waals surface area (Å²) >= 11 is 5.92. The molecule has 0 bridgehead atoms. The van der Waals surface area contributed by atoms with Crippen LogP contribution >= 0.6 is 11.6 Å². The lowest BCUT2D eigenvalue weighted by atomic mass is 10.2. The van der Waals surface area contributed by atoms with E-state index in [4.69, 9.17) is 11.6 Å². The molecule has 0 spiro atoms. The van der Waals surface area contributed by atoms with Gasteiger partial charge < -0.3 is 4.98 Å². The Kier molecular flexibility index (Phi) is 2.87. The first kappa shape index (κ1) is 11.1. The molecule has 0 atom stereocenters. The fourth-order valence-electron chi connectivity index (χ4n) is 1.85. The molecule has 0 unspecified atom stereocenters. The molecule has 0 radical (unpaired) electrons. The summed E-state index contributed by atoms with van der Waals surface area (Å²) in [4.78, 5) is 7.62. The van der Waals surface area contributed by atoms with Crippen molar-refractivity contribution in [3.8, 4) is 0 Å². The van der Waals surface area contributed by atoms with Gasteiger partial charge in [0.25, 0.3) is 0 Å². The van der Waals surface area contributed by atoms with Crippen molar-refractivity contribution in [2.75, 3.05) is 0 Å². The van der Waals surface area contributed by atoms with Crippen LogP contribution in [0.5, 0.6) is 0 Å². The monoisotopic (exact) mass is 254 g/mol. The van der Waals surface area contributed by atoms with Gasteiger partial charge in [-0.3, -0.25) is 4.99 Å². The molecule has 3 heteroatoms. The van der Waals surface area contributed by atoms with E-state index in [1.165, 1.54) is 5.39 Å².